The van der Waals surface area contributed by atoms with E-state index in [-0.39, 0.29) is 36.3 Å². The molecule has 0 radical (unpaired) electrons. The molecule has 5 atom stereocenters. The van der Waals surface area contributed by atoms with Gasteiger partial charge in [-0.25, -0.2) is 0 Å². The third-order valence-corrected chi connectivity index (χ3v) is 5.58. The van der Waals surface area contributed by atoms with Crippen molar-refractivity contribution >= 4 is 18.3 Å². The first-order valence-electron chi connectivity index (χ1n) is 10.1. The predicted octanol–water partition coefficient (Wildman–Crippen LogP) is 4.10. The standard InChI is InChI=1S/C21H41N3O.ClH/c1-13(2)10-18(24-17(7)16(6)22)12-23-21(25)20-11-15(5)8-9-19(20)14(3)4;/h13-16,18-20,24H,7-12,22H2,1-6H3,(H,23,25);1H/t15-,16+,18+,19+,20-;/m1./s1. The highest BCUT2D eigenvalue weighted by Crippen LogP contribution is 2.38. The summed E-state index contributed by atoms with van der Waals surface area (Å²) in [6.07, 6.45) is 4.43. The third-order valence-electron chi connectivity index (χ3n) is 5.58. The molecule has 1 saturated carbocycles. The van der Waals surface area contributed by atoms with Crippen LogP contribution in [0, 0.1) is 29.6 Å². The Bertz CT molecular complexity index is 437. The zero-order valence-corrected chi connectivity index (χ0v) is 18.5. The average Bonchev–Trinajstić information content (AvgIpc) is 2.51. The predicted molar refractivity (Wildman–Crippen MR) is 114 cm³/mol. The lowest BCUT2D eigenvalue weighted by Gasteiger charge is -2.36. The molecule has 1 amide bonds. The number of nitrogens with one attached hydrogen (secondary N) is 2. The molecule has 0 unspecified atom stereocenters. The van der Waals surface area contributed by atoms with Gasteiger partial charge < -0.3 is 16.4 Å². The number of amides is 1. The number of carbonyl (C=O) groups excluding carboxylic acids is 1. The van der Waals surface area contributed by atoms with Crippen LogP contribution in [0.15, 0.2) is 12.3 Å². The molecule has 4 N–H and O–H groups in total. The summed E-state index contributed by atoms with van der Waals surface area (Å²) in [5.74, 6) is 2.64. The second-order valence-corrected chi connectivity index (χ2v) is 8.96. The van der Waals surface area contributed by atoms with Gasteiger partial charge in [-0.15, -0.1) is 12.4 Å². The van der Waals surface area contributed by atoms with Crippen LogP contribution in [-0.2, 0) is 4.79 Å². The van der Waals surface area contributed by atoms with Crippen LogP contribution in [0.3, 0.4) is 0 Å². The van der Waals surface area contributed by atoms with Gasteiger partial charge in [-0.05, 0) is 49.9 Å². The van der Waals surface area contributed by atoms with Gasteiger partial charge in [-0.1, -0.05) is 47.6 Å². The minimum absolute atomic E-state index is 0. The fourth-order valence-corrected chi connectivity index (χ4v) is 4.01. The second-order valence-electron chi connectivity index (χ2n) is 8.96. The fraction of sp³-hybridized carbons (Fsp3) is 0.857. The fourth-order valence-electron chi connectivity index (χ4n) is 4.01. The molecule has 0 spiro atoms. The summed E-state index contributed by atoms with van der Waals surface area (Å²) in [4.78, 5) is 12.9. The van der Waals surface area contributed by atoms with Crippen molar-refractivity contribution < 1.29 is 4.79 Å². The molecule has 0 aromatic rings. The summed E-state index contributed by atoms with van der Waals surface area (Å²) < 4.78 is 0. The van der Waals surface area contributed by atoms with Crippen molar-refractivity contribution in [1.82, 2.24) is 10.6 Å². The van der Waals surface area contributed by atoms with Crippen molar-refractivity contribution in [2.45, 2.75) is 79.3 Å². The Hall–Kier alpha value is -0.740. The van der Waals surface area contributed by atoms with E-state index in [9.17, 15) is 4.79 Å². The Kier molecular flexibility index (Phi) is 11.5. The highest BCUT2D eigenvalue weighted by Gasteiger charge is 2.35. The third kappa shape index (κ3) is 8.30. The SMILES string of the molecule is C=C(N[C@H](CNC(=O)[C@@H]1C[C@H](C)CC[C@H]1C(C)C)CC(C)C)[C@H](C)N.Cl. The molecular formula is C21H42ClN3O. The van der Waals surface area contributed by atoms with Gasteiger partial charge >= 0.3 is 0 Å². The lowest BCUT2D eigenvalue weighted by molar-refractivity contribution is -0.129. The van der Waals surface area contributed by atoms with Gasteiger partial charge in [-0.2, -0.15) is 0 Å². The second kappa shape index (κ2) is 11.9. The zero-order valence-electron chi connectivity index (χ0n) is 17.7. The van der Waals surface area contributed by atoms with Gasteiger partial charge in [-0.3, -0.25) is 4.79 Å². The number of hydrogen-bond donors (Lipinski definition) is 3. The van der Waals surface area contributed by atoms with Crippen LogP contribution in [-0.4, -0.2) is 24.5 Å². The van der Waals surface area contributed by atoms with Gasteiger partial charge in [0.15, 0.2) is 0 Å². The zero-order chi connectivity index (χ0) is 19.1. The van der Waals surface area contributed by atoms with E-state index >= 15 is 0 Å². The van der Waals surface area contributed by atoms with E-state index in [0.717, 1.165) is 18.5 Å². The van der Waals surface area contributed by atoms with Crippen LogP contribution in [0.1, 0.15) is 67.2 Å². The van der Waals surface area contributed by atoms with Crippen molar-refractivity contribution in [2.75, 3.05) is 6.54 Å². The monoisotopic (exact) mass is 387 g/mol. The first kappa shape index (κ1) is 25.3. The summed E-state index contributed by atoms with van der Waals surface area (Å²) in [6, 6.07) is 0.0934. The molecular weight excluding hydrogens is 346 g/mol. The number of nitrogens with two attached hydrogens (primary N) is 1. The van der Waals surface area contributed by atoms with Crippen LogP contribution in [0.2, 0.25) is 0 Å². The van der Waals surface area contributed by atoms with E-state index in [2.05, 4.69) is 51.8 Å². The highest BCUT2D eigenvalue weighted by molar-refractivity contribution is 5.85. The lowest BCUT2D eigenvalue weighted by Crippen LogP contribution is -2.47. The number of rotatable bonds is 9. The molecule has 0 aromatic carbocycles. The molecule has 5 heteroatoms. The van der Waals surface area contributed by atoms with E-state index in [4.69, 9.17) is 5.73 Å². The molecule has 1 fully saturated rings. The maximum Gasteiger partial charge on any atom is 0.223 e. The van der Waals surface area contributed by atoms with E-state index < -0.39 is 0 Å². The van der Waals surface area contributed by atoms with E-state index in [1.165, 1.54) is 12.8 Å². The van der Waals surface area contributed by atoms with Gasteiger partial charge in [0.1, 0.15) is 0 Å². The Morgan fingerprint density at radius 1 is 1.19 bits per heavy atom. The van der Waals surface area contributed by atoms with Crippen molar-refractivity contribution in [3.8, 4) is 0 Å². The molecule has 1 aliphatic rings. The normalized spacial score (nSPS) is 25.3. The molecule has 0 heterocycles. The molecule has 0 bridgehead atoms. The van der Waals surface area contributed by atoms with Crippen LogP contribution in [0.5, 0.6) is 0 Å². The van der Waals surface area contributed by atoms with Gasteiger partial charge in [0.2, 0.25) is 5.91 Å². The minimum Gasteiger partial charge on any atom is -0.383 e. The minimum atomic E-state index is -0.0881. The molecule has 1 rings (SSSR count). The maximum absolute atomic E-state index is 12.9. The molecule has 154 valence electrons. The van der Waals surface area contributed by atoms with Crippen LogP contribution in [0.25, 0.3) is 0 Å². The Morgan fingerprint density at radius 2 is 1.81 bits per heavy atom. The quantitative estimate of drug-likeness (QED) is 0.558. The van der Waals surface area contributed by atoms with Crippen molar-refractivity contribution in [1.29, 1.82) is 0 Å². The topological polar surface area (TPSA) is 67.1 Å². The summed E-state index contributed by atoms with van der Waals surface area (Å²) in [5, 5.41) is 6.64. The molecule has 0 aliphatic heterocycles. The largest absolute Gasteiger partial charge is 0.383 e. The summed E-state index contributed by atoms with van der Waals surface area (Å²) in [7, 11) is 0. The molecule has 26 heavy (non-hydrogen) atoms. The van der Waals surface area contributed by atoms with Crippen molar-refractivity contribution in [3.63, 3.8) is 0 Å². The smallest absolute Gasteiger partial charge is 0.223 e. The van der Waals surface area contributed by atoms with Crippen LogP contribution in [0.4, 0.5) is 0 Å². The van der Waals surface area contributed by atoms with E-state index in [1.807, 2.05) is 6.92 Å². The number of halogens is 1. The summed E-state index contributed by atoms with van der Waals surface area (Å²) >= 11 is 0. The van der Waals surface area contributed by atoms with E-state index in [0.29, 0.717) is 30.2 Å². The van der Waals surface area contributed by atoms with Crippen LogP contribution >= 0.6 is 12.4 Å². The Labute approximate surface area is 167 Å². The molecule has 1 aliphatic carbocycles. The van der Waals surface area contributed by atoms with Gasteiger partial charge in [0, 0.05) is 30.2 Å². The number of carbonyl (C=O) groups is 1. The summed E-state index contributed by atoms with van der Waals surface area (Å²) in [6.45, 7) is 17.7. The first-order valence-corrected chi connectivity index (χ1v) is 10.1. The van der Waals surface area contributed by atoms with E-state index in [1.54, 1.807) is 0 Å². The molecule has 0 aromatic heterocycles. The van der Waals surface area contributed by atoms with Crippen molar-refractivity contribution in [3.05, 3.63) is 12.3 Å². The maximum atomic E-state index is 12.9. The summed E-state index contributed by atoms with van der Waals surface area (Å²) in [5.41, 5.74) is 6.74. The Morgan fingerprint density at radius 3 is 2.31 bits per heavy atom. The first-order chi connectivity index (χ1) is 11.6. The Balaban J connectivity index is 0.00000625. The number of hydrogen-bond acceptors (Lipinski definition) is 3. The lowest BCUT2D eigenvalue weighted by atomic mass is 9.70. The molecule has 4 nitrogen and oxygen atoms in total. The highest BCUT2D eigenvalue weighted by atomic mass is 35.5. The van der Waals surface area contributed by atoms with Gasteiger partial charge in [0.05, 0.1) is 0 Å². The van der Waals surface area contributed by atoms with Gasteiger partial charge in [0.25, 0.3) is 0 Å². The average molecular weight is 388 g/mol. The van der Waals surface area contributed by atoms with Crippen LogP contribution < -0.4 is 16.4 Å². The van der Waals surface area contributed by atoms with Crippen molar-refractivity contribution in [2.24, 2.45) is 35.3 Å². The molecule has 0 saturated heterocycles.